The predicted octanol–water partition coefficient (Wildman–Crippen LogP) is 21.1. The van der Waals surface area contributed by atoms with Gasteiger partial charge in [0.05, 0.1) is 0 Å². The van der Waals surface area contributed by atoms with Crippen LogP contribution in [0.1, 0.15) is 187 Å². The number of amidine groups is 1. The van der Waals surface area contributed by atoms with E-state index in [9.17, 15) is 0 Å². The Labute approximate surface area is 560 Å². The number of nitrogens with one attached hydrogen (secondary N) is 3. The number of aliphatic imine (C=N–C) groups is 3. The Bertz CT molecular complexity index is 4050. The third kappa shape index (κ3) is 13.8. The van der Waals surface area contributed by atoms with E-state index in [1.807, 2.05) is 4.90 Å². The Hall–Kier alpha value is -9.09. The fraction of sp³-hybridized carbons (Fsp3) is 0.321. The van der Waals surface area contributed by atoms with Crippen LogP contribution < -0.4 is 30.7 Å². The number of benzene rings is 9. The summed E-state index contributed by atoms with van der Waals surface area (Å²) in [5.74, 6) is 1.78. The van der Waals surface area contributed by atoms with Crippen LogP contribution in [0.5, 0.6) is 0 Å². The molecule has 10 heteroatoms. The largest absolute Gasteiger partial charge is 0.336 e. The van der Waals surface area contributed by atoms with Crippen molar-refractivity contribution in [3.63, 3.8) is 0 Å². The van der Waals surface area contributed by atoms with Gasteiger partial charge in [0.25, 0.3) is 0 Å². The maximum atomic E-state index is 5.44. The highest BCUT2D eigenvalue weighted by molar-refractivity contribution is 6.18. The molecule has 3 atom stereocenters. The number of hydrogen-bond acceptors (Lipinski definition) is 10. The molecular weight excluding hydrogens is 1150 g/mol. The van der Waals surface area contributed by atoms with Crippen molar-refractivity contribution in [3.05, 3.63) is 268 Å². The molecule has 10 nitrogen and oxygen atoms in total. The summed E-state index contributed by atoms with van der Waals surface area (Å²) in [6.45, 7) is 40.7. The lowest BCUT2D eigenvalue weighted by atomic mass is 9.86. The summed E-state index contributed by atoms with van der Waals surface area (Å²) < 4.78 is 0. The zero-order chi connectivity index (χ0) is 66.9. The molecule has 0 spiro atoms. The highest BCUT2D eigenvalue weighted by atomic mass is 15.6. The van der Waals surface area contributed by atoms with Crippen molar-refractivity contribution in [2.24, 2.45) is 15.0 Å². The number of nitrogens with zero attached hydrogens (tertiary/aromatic N) is 7. The van der Waals surface area contributed by atoms with Gasteiger partial charge in [-0.25, -0.2) is 4.99 Å². The van der Waals surface area contributed by atoms with Crippen LogP contribution in [0.3, 0.4) is 0 Å². The summed E-state index contributed by atoms with van der Waals surface area (Å²) in [7, 11) is 0. The summed E-state index contributed by atoms with van der Waals surface area (Å²) in [5, 5.41) is 11.6. The lowest BCUT2D eigenvalue weighted by Gasteiger charge is -2.47. The molecule has 94 heavy (non-hydrogen) atoms. The van der Waals surface area contributed by atoms with Crippen LogP contribution in [-0.4, -0.2) is 28.9 Å². The van der Waals surface area contributed by atoms with Crippen molar-refractivity contribution in [2.45, 2.75) is 176 Å². The van der Waals surface area contributed by atoms with Crippen LogP contribution in [0.25, 0.3) is 0 Å². The second-order valence-corrected chi connectivity index (χ2v) is 31.9. The Morgan fingerprint density at radius 3 is 0.830 bits per heavy atom. The topological polar surface area (TPSA) is 86.1 Å². The lowest BCUT2D eigenvalue weighted by Crippen LogP contribution is -2.71. The summed E-state index contributed by atoms with van der Waals surface area (Å²) in [6.07, 6.45) is -1.24. The van der Waals surface area contributed by atoms with Gasteiger partial charge in [-0.2, -0.15) is 9.98 Å². The fourth-order valence-corrected chi connectivity index (χ4v) is 12.5. The maximum Gasteiger partial charge on any atom is 0.234 e. The minimum atomic E-state index is -0.456. The third-order valence-electron chi connectivity index (χ3n) is 18.6. The third-order valence-corrected chi connectivity index (χ3v) is 18.6. The van der Waals surface area contributed by atoms with Gasteiger partial charge in [-0.05, 0) is 198 Å². The quantitative estimate of drug-likeness (QED) is 0.112. The van der Waals surface area contributed by atoms with E-state index in [1.165, 1.54) is 33.4 Å². The zero-order valence-corrected chi connectivity index (χ0v) is 58.6. The van der Waals surface area contributed by atoms with Gasteiger partial charge in [-0.1, -0.05) is 222 Å². The van der Waals surface area contributed by atoms with Crippen LogP contribution in [0.2, 0.25) is 0 Å². The van der Waals surface area contributed by atoms with Crippen LogP contribution in [0.4, 0.5) is 51.2 Å². The molecule has 0 aromatic heterocycles. The van der Waals surface area contributed by atoms with Gasteiger partial charge in [-0.15, -0.1) is 0 Å². The Balaban J connectivity index is 0.915. The maximum absolute atomic E-state index is 5.44. The van der Waals surface area contributed by atoms with Crippen LogP contribution >= 0.6 is 0 Å². The van der Waals surface area contributed by atoms with E-state index >= 15 is 0 Å². The molecule has 12 rings (SSSR count). The predicted molar refractivity (Wildman–Crippen MR) is 397 cm³/mol. The molecule has 3 N–H and O–H groups in total. The Kier molecular flexibility index (Phi) is 17.1. The summed E-state index contributed by atoms with van der Waals surface area (Å²) in [6, 6.07) is 80.4. The van der Waals surface area contributed by atoms with Gasteiger partial charge in [0, 0.05) is 56.7 Å². The van der Waals surface area contributed by atoms with E-state index in [2.05, 4.69) is 374 Å². The van der Waals surface area contributed by atoms with Crippen molar-refractivity contribution in [2.75, 3.05) is 14.7 Å². The monoisotopic (exact) mass is 1240 g/mol. The van der Waals surface area contributed by atoms with Gasteiger partial charge in [-0.3, -0.25) is 15.5 Å². The average Bonchev–Trinajstić information content (AvgIpc) is 0.753. The van der Waals surface area contributed by atoms with Crippen molar-refractivity contribution in [1.29, 1.82) is 0 Å². The van der Waals surface area contributed by atoms with Crippen LogP contribution in [0, 0.1) is 0 Å². The molecule has 9 aromatic rings. The standard InChI is InChI=1S/C84H96N10/c1-79(2,3)58-25-43-67(44-26-58)91(68-45-27-59(28-46-68)80(4,5)6)64-37-19-55(20-38-64)73-85-76-87-74(56-21-39-65(40-22-56)92(69-47-29-60(30-48-69)81(7,8)9)70-49-31-61(32-50-70)82(10,11)12)89-78-90-75(88-77(86-73)94(76)78)57-23-41-66(42-24-57)93(71-51-33-62(34-52-71)83(13,14)15)72-53-35-63(36-54-72)84(16,17)18/h19-54,73-74,76,85,87H,1-18H3,(H,86,88,89,90). The van der Waals surface area contributed by atoms with Gasteiger partial charge in [0.2, 0.25) is 11.9 Å². The minimum absolute atomic E-state index is 0.0252. The second kappa shape index (κ2) is 24.7. The van der Waals surface area contributed by atoms with E-state index in [1.54, 1.807) is 0 Å². The Morgan fingerprint density at radius 1 is 0.298 bits per heavy atom. The van der Waals surface area contributed by atoms with Crippen molar-refractivity contribution < 1.29 is 0 Å². The first-order valence-electron chi connectivity index (χ1n) is 33.5. The first kappa shape index (κ1) is 65.0. The summed E-state index contributed by atoms with van der Waals surface area (Å²) in [5.41, 5.74) is 20.5. The van der Waals surface area contributed by atoms with Gasteiger partial charge < -0.3 is 20.0 Å². The number of rotatable bonds is 12. The molecule has 0 aliphatic carbocycles. The van der Waals surface area contributed by atoms with Gasteiger partial charge >= 0.3 is 0 Å². The zero-order valence-electron chi connectivity index (χ0n) is 58.6. The average molecular weight is 1250 g/mol. The molecule has 9 aromatic carbocycles. The summed E-state index contributed by atoms with van der Waals surface area (Å²) >= 11 is 0. The number of anilines is 9. The highest BCUT2D eigenvalue weighted by Crippen LogP contribution is 2.43. The molecular formula is C84H96N10. The molecule has 482 valence electrons. The normalized spacial score (nSPS) is 16.9. The van der Waals surface area contributed by atoms with Crippen LogP contribution in [0.15, 0.2) is 233 Å². The molecule has 3 unspecified atom stereocenters. The van der Waals surface area contributed by atoms with Gasteiger partial charge in [0.15, 0.2) is 5.84 Å². The smallest absolute Gasteiger partial charge is 0.234 e. The molecule has 3 aliphatic rings. The highest BCUT2D eigenvalue weighted by Gasteiger charge is 2.42. The fourth-order valence-electron chi connectivity index (χ4n) is 12.5. The first-order chi connectivity index (χ1) is 44.3. The van der Waals surface area contributed by atoms with Crippen molar-refractivity contribution in [1.82, 2.24) is 20.9 Å². The van der Waals surface area contributed by atoms with E-state index < -0.39 is 12.5 Å². The molecule has 0 amide bonds. The molecule has 0 saturated carbocycles. The molecule has 1 saturated heterocycles. The molecule has 0 bridgehead atoms. The van der Waals surface area contributed by atoms with E-state index in [4.69, 9.17) is 15.0 Å². The van der Waals surface area contributed by atoms with E-state index in [-0.39, 0.29) is 38.7 Å². The second-order valence-electron chi connectivity index (χ2n) is 31.9. The Morgan fingerprint density at radius 2 is 0.553 bits per heavy atom. The van der Waals surface area contributed by atoms with E-state index in [0.717, 1.165) is 67.9 Å². The SMILES string of the molecule is CC(C)(C)c1ccc(N(c2ccc(C3=NC4=NC(c5ccc(N(c6ccc(C(C)(C)C)cc6)c6ccc(C(C)(C)C)cc6)cc5)NC5NC(c6ccc(N(c7ccc(C(C)(C)C)cc7)c7ccc(C(C)(C)C)cc7)cc6)NC(=N3)N45)cc2)c2ccc(C(C)(C)C)cc2)cc1. The number of guanidine groups is 2. The van der Waals surface area contributed by atoms with Crippen LogP contribution in [-0.2, 0) is 32.5 Å². The van der Waals surface area contributed by atoms with E-state index in [0.29, 0.717) is 17.8 Å². The molecule has 1 fully saturated rings. The molecule has 0 radical (unpaired) electrons. The molecule has 3 heterocycles. The summed E-state index contributed by atoms with van der Waals surface area (Å²) in [4.78, 5) is 25.2. The number of hydrogen-bond donors (Lipinski definition) is 3. The lowest BCUT2D eigenvalue weighted by molar-refractivity contribution is 0.184. The first-order valence-corrected chi connectivity index (χ1v) is 33.5. The molecule has 3 aliphatic heterocycles. The van der Waals surface area contributed by atoms with Crippen molar-refractivity contribution in [3.8, 4) is 0 Å². The van der Waals surface area contributed by atoms with Crippen molar-refractivity contribution >= 4 is 68.9 Å². The van der Waals surface area contributed by atoms with Gasteiger partial charge in [0.1, 0.15) is 18.6 Å². The minimum Gasteiger partial charge on any atom is -0.336 e.